The van der Waals surface area contributed by atoms with Crippen LogP contribution in [0.15, 0.2) is 53.6 Å². The van der Waals surface area contributed by atoms with E-state index < -0.39 is 18.3 Å². The highest BCUT2D eigenvalue weighted by atomic mass is 32.2. The van der Waals surface area contributed by atoms with Crippen molar-refractivity contribution in [1.29, 1.82) is 0 Å². The number of aromatic nitrogens is 1. The van der Waals surface area contributed by atoms with Gasteiger partial charge in [-0.1, -0.05) is 44.5 Å². The molecule has 3 aromatic rings. The maximum atomic E-state index is 13.5. The fourth-order valence-electron chi connectivity index (χ4n) is 3.52. The highest BCUT2D eigenvalue weighted by molar-refractivity contribution is 7.90. The molecule has 184 valence electrons. The van der Waals surface area contributed by atoms with Gasteiger partial charge in [0, 0.05) is 18.2 Å². The molecule has 0 bridgehead atoms. The van der Waals surface area contributed by atoms with Crippen LogP contribution in [0.2, 0.25) is 18.1 Å². The third kappa shape index (κ3) is 5.45. The number of carbonyl (C=O) groups excluding carboxylic acids is 1. The zero-order chi connectivity index (χ0) is 25.3. The molecule has 0 spiro atoms. The SMILES string of the molecule is COC(=O)Cc1ccc2c(c1)c(CCO[Si](C)(C)C(C)(C)C)cn2S(=O)(=O)c1ccc(C)cc1. The Morgan fingerprint density at radius 2 is 1.71 bits per heavy atom. The van der Waals surface area contributed by atoms with Gasteiger partial charge in [-0.25, -0.2) is 12.4 Å². The summed E-state index contributed by atoms with van der Waals surface area (Å²) < 4.78 is 39.5. The van der Waals surface area contributed by atoms with E-state index in [0.717, 1.165) is 22.1 Å². The Morgan fingerprint density at radius 3 is 2.29 bits per heavy atom. The van der Waals surface area contributed by atoms with Crippen molar-refractivity contribution in [2.24, 2.45) is 0 Å². The lowest BCUT2D eigenvalue weighted by atomic mass is 10.1. The molecule has 0 amide bonds. The first-order valence-corrected chi connectivity index (χ1v) is 15.8. The first kappa shape index (κ1) is 26.2. The molecule has 1 heterocycles. The van der Waals surface area contributed by atoms with Crippen molar-refractivity contribution in [1.82, 2.24) is 3.97 Å². The second-order valence-corrected chi connectivity index (χ2v) is 16.9. The van der Waals surface area contributed by atoms with Crippen LogP contribution >= 0.6 is 0 Å². The Balaban J connectivity index is 2.04. The van der Waals surface area contributed by atoms with Crippen molar-refractivity contribution in [3.8, 4) is 0 Å². The highest BCUT2D eigenvalue weighted by Gasteiger charge is 2.37. The first-order chi connectivity index (χ1) is 15.8. The minimum atomic E-state index is -3.79. The summed E-state index contributed by atoms with van der Waals surface area (Å²) in [5.41, 5.74) is 3.22. The van der Waals surface area contributed by atoms with E-state index >= 15 is 0 Å². The lowest BCUT2D eigenvalue weighted by molar-refractivity contribution is -0.139. The molecule has 0 aliphatic carbocycles. The monoisotopic (exact) mass is 501 g/mol. The molecule has 0 unspecified atom stereocenters. The summed E-state index contributed by atoms with van der Waals surface area (Å²) in [7, 11) is -4.37. The van der Waals surface area contributed by atoms with Gasteiger partial charge < -0.3 is 9.16 Å². The van der Waals surface area contributed by atoms with Crippen LogP contribution in [0.4, 0.5) is 0 Å². The quantitative estimate of drug-likeness (QED) is 0.302. The molecule has 0 fully saturated rings. The molecular formula is C26H35NO5SSi. The van der Waals surface area contributed by atoms with Crippen LogP contribution in [-0.2, 0) is 36.8 Å². The molecule has 3 rings (SSSR count). The number of fused-ring (bicyclic) bond motifs is 1. The average Bonchev–Trinajstić information content (AvgIpc) is 3.12. The highest BCUT2D eigenvalue weighted by Crippen LogP contribution is 2.37. The zero-order valence-corrected chi connectivity index (χ0v) is 23.0. The molecule has 1 aromatic heterocycles. The number of aryl methyl sites for hydroxylation is 1. The van der Waals surface area contributed by atoms with Crippen LogP contribution in [0.5, 0.6) is 0 Å². The van der Waals surface area contributed by atoms with Crippen molar-refractivity contribution >= 4 is 35.2 Å². The van der Waals surface area contributed by atoms with E-state index in [1.54, 1.807) is 42.6 Å². The molecule has 0 aliphatic rings. The third-order valence-electron chi connectivity index (χ3n) is 6.71. The van der Waals surface area contributed by atoms with Gasteiger partial charge in [-0.05, 0) is 66.9 Å². The van der Waals surface area contributed by atoms with Gasteiger partial charge in [0.2, 0.25) is 0 Å². The number of nitrogens with zero attached hydrogens (tertiary/aromatic N) is 1. The van der Waals surface area contributed by atoms with Crippen molar-refractivity contribution in [3.63, 3.8) is 0 Å². The predicted molar refractivity (Wildman–Crippen MR) is 138 cm³/mol. The van der Waals surface area contributed by atoms with E-state index in [2.05, 4.69) is 33.9 Å². The number of carbonyl (C=O) groups is 1. The van der Waals surface area contributed by atoms with Crippen LogP contribution in [0.1, 0.15) is 37.5 Å². The average molecular weight is 502 g/mol. The molecule has 0 radical (unpaired) electrons. The summed E-state index contributed by atoms with van der Waals surface area (Å²) in [6.07, 6.45) is 2.39. The largest absolute Gasteiger partial charge is 0.469 e. The standard InChI is InChI=1S/C26H35NO5SSi/c1-19-8-11-22(12-9-19)33(29,30)27-18-21(14-15-32-34(6,7)26(2,3)4)23-16-20(10-13-24(23)27)17-25(28)31-5/h8-13,16,18H,14-15,17H2,1-7H3. The number of hydrogen-bond acceptors (Lipinski definition) is 5. The number of ether oxygens (including phenoxy) is 1. The van der Waals surface area contributed by atoms with Crippen LogP contribution in [0.3, 0.4) is 0 Å². The lowest BCUT2D eigenvalue weighted by Gasteiger charge is -2.36. The van der Waals surface area contributed by atoms with Crippen molar-refractivity contribution in [3.05, 3.63) is 65.4 Å². The first-order valence-electron chi connectivity index (χ1n) is 11.4. The molecule has 6 nitrogen and oxygen atoms in total. The molecule has 0 saturated carbocycles. The minimum Gasteiger partial charge on any atom is -0.469 e. The fourth-order valence-corrected chi connectivity index (χ4v) is 5.95. The molecule has 0 aliphatic heterocycles. The van der Waals surface area contributed by atoms with Gasteiger partial charge in [0.15, 0.2) is 8.32 Å². The van der Waals surface area contributed by atoms with Crippen LogP contribution in [0, 0.1) is 6.92 Å². The van der Waals surface area contributed by atoms with Crippen LogP contribution < -0.4 is 0 Å². The topological polar surface area (TPSA) is 74.6 Å². The summed E-state index contributed by atoms with van der Waals surface area (Å²) in [5.74, 6) is -0.339. The molecule has 8 heteroatoms. The van der Waals surface area contributed by atoms with E-state index in [4.69, 9.17) is 9.16 Å². The normalized spacial score (nSPS) is 12.8. The Bertz CT molecular complexity index is 1290. The summed E-state index contributed by atoms with van der Waals surface area (Å²) in [6, 6.07) is 12.3. The number of esters is 1. The second kappa shape index (κ2) is 9.68. The van der Waals surface area contributed by atoms with E-state index in [-0.39, 0.29) is 22.3 Å². The molecule has 0 saturated heterocycles. The minimum absolute atomic E-state index is 0.0868. The maximum Gasteiger partial charge on any atom is 0.309 e. The Hall–Kier alpha value is -2.42. The van der Waals surface area contributed by atoms with E-state index in [1.807, 2.05) is 13.0 Å². The van der Waals surface area contributed by atoms with Crippen LogP contribution in [0.25, 0.3) is 10.9 Å². The van der Waals surface area contributed by atoms with Gasteiger partial charge in [-0.2, -0.15) is 0 Å². The molecule has 2 aromatic carbocycles. The molecule has 0 N–H and O–H groups in total. The summed E-state index contributed by atoms with van der Waals surface area (Å²) in [4.78, 5) is 12.1. The van der Waals surface area contributed by atoms with Crippen molar-refractivity contribution in [2.45, 2.75) is 63.6 Å². The second-order valence-electron chi connectivity index (χ2n) is 10.2. The summed E-state index contributed by atoms with van der Waals surface area (Å²) in [5, 5.41) is 0.889. The Morgan fingerprint density at radius 1 is 1.06 bits per heavy atom. The van der Waals surface area contributed by atoms with E-state index in [9.17, 15) is 13.2 Å². The Labute approximate surface area is 204 Å². The lowest BCUT2D eigenvalue weighted by Crippen LogP contribution is -2.41. The van der Waals surface area contributed by atoms with Gasteiger partial charge in [-0.15, -0.1) is 0 Å². The zero-order valence-electron chi connectivity index (χ0n) is 21.1. The predicted octanol–water partition coefficient (Wildman–Crippen LogP) is 5.47. The number of rotatable bonds is 8. The fraction of sp³-hybridized carbons (Fsp3) is 0.423. The number of hydrogen-bond donors (Lipinski definition) is 0. The van der Waals surface area contributed by atoms with E-state index in [0.29, 0.717) is 18.5 Å². The van der Waals surface area contributed by atoms with Gasteiger partial charge in [0.25, 0.3) is 10.0 Å². The molecule has 34 heavy (non-hydrogen) atoms. The van der Waals surface area contributed by atoms with Gasteiger partial charge in [0.1, 0.15) is 0 Å². The Kier molecular flexibility index (Phi) is 7.45. The number of methoxy groups -OCH3 is 1. The summed E-state index contributed by atoms with van der Waals surface area (Å²) >= 11 is 0. The number of benzene rings is 2. The van der Waals surface area contributed by atoms with Crippen molar-refractivity contribution < 1.29 is 22.4 Å². The molecule has 0 atom stereocenters. The van der Waals surface area contributed by atoms with Gasteiger partial charge in [0.05, 0.1) is 23.9 Å². The third-order valence-corrected chi connectivity index (χ3v) is 12.9. The molecular weight excluding hydrogens is 466 g/mol. The van der Waals surface area contributed by atoms with Crippen molar-refractivity contribution in [2.75, 3.05) is 13.7 Å². The van der Waals surface area contributed by atoms with Crippen LogP contribution in [-0.4, -0.2) is 40.4 Å². The maximum absolute atomic E-state index is 13.5. The van der Waals surface area contributed by atoms with Gasteiger partial charge in [-0.3, -0.25) is 4.79 Å². The summed E-state index contributed by atoms with van der Waals surface area (Å²) in [6.45, 7) is 13.4. The van der Waals surface area contributed by atoms with Gasteiger partial charge >= 0.3 is 5.97 Å². The van der Waals surface area contributed by atoms with E-state index in [1.165, 1.54) is 11.1 Å². The smallest absolute Gasteiger partial charge is 0.309 e.